The second-order valence-electron chi connectivity index (χ2n) is 1.56. The number of alkyl halides is 1. The lowest BCUT2D eigenvalue weighted by molar-refractivity contribution is -0.118. The summed E-state index contributed by atoms with van der Waals surface area (Å²) < 4.78 is 0. The molecule has 0 heterocycles. The topological polar surface area (TPSA) is 29.1 Å². The third-order valence-corrected chi connectivity index (χ3v) is 0.903. The van der Waals surface area contributed by atoms with Crippen molar-refractivity contribution in [2.45, 2.75) is 6.92 Å². The standard InChI is InChI=1S/C6H10ClNO/c1-6(9)8-5-3-2-4-7/h2-3H,4-5H2,1H3,(H,8,9)/b3-2-. The van der Waals surface area contributed by atoms with Gasteiger partial charge >= 0.3 is 0 Å². The van der Waals surface area contributed by atoms with E-state index >= 15 is 0 Å². The Hall–Kier alpha value is -0.500. The monoisotopic (exact) mass is 147 g/mol. The van der Waals surface area contributed by atoms with Gasteiger partial charge in [-0.2, -0.15) is 0 Å². The zero-order valence-corrected chi connectivity index (χ0v) is 6.11. The summed E-state index contributed by atoms with van der Waals surface area (Å²) in [6.07, 6.45) is 3.60. The zero-order valence-electron chi connectivity index (χ0n) is 5.36. The molecule has 0 unspecified atom stereocenters. The van der Waals surface area contributed by atoms with Crippen LogP contribution in [0.3, 0.4) is 0 Å². The number of carbonyl (C=O) groups is 1. The van der Waals surface area contributed by atoms with Crippen molar-refractivity contribution < 1.29 is 4.79 Å². The van der Waals surface area contributed by atoms with Crippen LogP contribution in [0.15, 0.2) is 12.2 Å². The maximum absolute atomic E-state index is 10.2. The minimum atomic E-state index is -0.0192. The first-order chi connectivity index (χ1) is 4.27. The van der Waals surface area contributed by atoms with E-state index in [-0.39, 0.29) is 5.91 Å². The van der Waals surface area contributed by atoms with Gasteiger partial charge in [0.15, 0.2) is 0 Å². The molecule has 0 spiro atoms. The van der Waals surface area contributed by atoms with Crippen molar-refractivity contribution in [3.63, 3.8) is 0 Å². The largest absolute Gasteiger partial charge is 0.353 e. The summed E-state index contributed by atoms with van der Waals surface area (Å²) in [6, 6.07) is 0. The molecule has 1 amide bonds. The van der Waals surface area contributed by atoms with Gasteiger partial charge in [0, 0.05) is 19.3 Å². The van der Waals surface area contributed by atoms with Crippen LogP contribution in [0.2, 0.25) is 0 Å². The predicted octanol–water partition coefficient (Wildman–Crippen LogP) is 0.917. The molecular weight excluding hydrogens is 138 g/mol. The van der Waals surface area contributed by atoms with Crippen molar-refractivity contribution in [2.75, 3.05) is 12.4 Å². The number of hydrogen-bond acceptors (Lipinski definition) is 1. The molecule has 2 nitrogen and oxygen atoms in total. The molecule has 0 aromatic heterocycles. The Balaban J connectivity index is 3.09. The van der Waals surface area contributed by atoms with E-state index in [0.717, 1.165) is 0 Å². The van der Waals surface area contributed by atoms with Gasteiger partial charge in [0.25, 0.3) is 0 Å². The highest BCUT2D eigenvalue weighted by atomic mass is 35.5. The van der Waals surface area contributed by atoms with Crippen molar-refractivity contribution in [3.8, 4) is 0 Å². The van der Waals surface area contributed by atoms with Crippen LogP contribution in [0.4, 0.5) is 0 Å². The Kier molecular flexibility index (Phi) is 5.32. The Labute approximate surface area is 59.9 Å². The quantitative estimate of drug-likeness (QED) is 0.467. The summed E-state index contributed by atoms with van der Waals surface area (Å²) in [5, 5.41) is 2.60. The highest BCUT2D eigenvalue weighted by Gasteiger charge is 1.82. The van der Waals surface area contributed by atoms with Crippen LogP contribution in [-0.4, -0.2) is 18.3 Å². The minimum Gasteiger partial charge on any atom is -0.353 e. The summed E-state index contributed by atoms with van der Waals surface area (Å²) in [7, 11) is 0. The van der Waals surface area contributed by atoms with Gasteiger partial charge in [-0.3, -0.25) is 4.79 Å². The second-order valence-corrected chi connectivity index (χ2v) is 1.87. The summed E-state index contributed by atoms with van der Waals surface area (Å²) >= 11 is 5.32. The molecule has 52 valence electrons. The summed E-state index contributed by atoms with van der Waals surface area (Å²) in [6.45, 7) is 2.05. The van der Waals surface area contributed by atoms with Crippen LogP contribution in [0.5, 0.6) is 0 Å². The molecule has 0 saturated heterocycles. The number of carbonyl (C=O) groups excluding carboxylic acids is 1. The van der Waals surface area contributed by atoms with E-state index in [4.69, 9.17) is 11.6 Å². The van der Waals surface area contributed by atoms with Gasteiger partial charge in [-0.15, -0.1) is 11.6 Å². The number of halogens is 1. The number of hydrogen-bond donors (Lipinski definition) is 1. The van der Waals surface area contributed by atoms with Gasteiger partial charge in [0.2, 0.25) is 5.91 Å². The lowest BCUT2D eigenvalue weighted by atomic mass is 10.5. The van der Waals surface area contributed by atoms with Gasteiger partial charge in [-0.25, -0.2) is 0 Å². The molecule has 1 N–H and O–H groups in total. The van der Waals surface area contributed by atoms with Crippen LogP contribution in [0.25, 0.3) is 0 Å². The average molecular weight is 148 g/mol. The van der Waals surface area contributed by atoms with Gasteiger partial charge in [0.05, 0.1) is 0 Å². The van der Waals surface area contributed by atoms with E-state index in [1.807, 2.05) is 6.08 Å². The highest BCUT2D eigenvalue weighted by Crippen LogP contribution is 1.75. The van der Waals surface area contributed by atoms with Crippen molar-refractivity contribution >= 4 is 17.5 Å². The first-order valence-corrected chi connectivity index (χ1v) is 3.26. The van der Waals surface area contributed by atoms with Crippen LogP contribution >= 0.6 is 11.6 Å². The van der Waals surface area contributed by atoms with Gasteiger partial charge in [-0.05, 0) is 0 Å². The smallest absolute Gasteiger partial charge is 0.217 e. The Morgan fingerprint density at radius 2 is 2.33 bits per heavy atom. The molecule has 0 fully saturated rings. The van der Waals surface area contributed by atoms with E-state index in [1.54, 1.807) is 6.08 Å². The fourth-order valence-corrected chi connectivity index (χ4v) is 0.475. The molecule has 0 atom stereocenters. The van der Waals surface area contributed by atoms with Crippen LogP contribution in [0, 0.1) is 0 Å². The normalized spacial score (nSPS) is 10.0. The van der Waals surface area contributed by atoms with Crippen molar-refractivity contribution in [1.82, 2.24) is 5.32 Å². The van der Waals surface area contributed by atoms with Gasteiger partial charge in [-0.1, -0.05) is 12.2 Å². The molecule has 9 heavy (non-hydrogen) atoms. The van der Waals surface area contributed by atoms with Crippen molar-refractivity contribution in [3.05, 3.63) is 12.2 Å². The molecule has 0 rings (SSSR count). The molecule has 0 bridgehead atoms. The first kappa shape index (κ1) is 8.50. The Bertz CT molecular complexity index is 112. The Morgan fingerprint density at radius 3 is 2.78 bits per heavy atom. The lowest BCUT2D eigenvalue weighted by Crippen LogP contribution is -2.19. The van der Waals surface area contributed by atoms with Gasteiger partial charge in [0.1, 0.15) is 0 Å². The number of amides is 1. The number of nitrogens with one attached hydrogen (secondary N) is 1. The fraction of sp³-hybridized carbons (Fsp3) is 0.500. The van der Waals surface area contributed by atoms with Crippen molar-refractivity contribution in [1.29, 1.82) is 0 Å². The van der Waals surface area contributed by atoms with E-state index in [1.165, 1.54) is 6.92 Å². The third-order valence-electron chi connectivity index (χ3n) is 0.725. The second kappa shape index (κ2) is 5.63. The van der Waals surface area contributed by atoms with E-state index < -0.39 is 0 Å². The van der Waals surface area contributed by atoms with Crippen molar-refractivity contribution in [2.24, 2.45) is 0 Å². The first-order valence-electron chi connectivity index (χ1n) is 2.72. The fourth-order valence-electron chi connectivity index (χ4n) is 0.349. The predicted molar refractivity (Wildman–Crippen MR) is 38.5 cm³/mol. The van der Waals surface area contributed by atoms with Crippen LogP contribution in [0.1, 0.15) is 6.92 Å². The van der Waals surface area contributed by atoms with E-state index in [9.17, 15) is 4.79 Å². The molecule has 0 aliphatic carbocycles. The van der Waals surface area contributed by atoms with E-state index in [2.05, 4.69) is 5.32 Å². The molecule has 0 aromatic carbocycles. The van der Waals surface area contributed by atoms with Crippen LogP contribution < -0.4 is 5.32 Å². The average Bonchev–Trinajstić information content (AvgIpc) is 1.80. The van der Waals surface area contributed by atoms with Crippen LogP contribution in [-0.2, 0) is 4.79 Å². The SMILES string of the molecule is CC(=O)NC/C=C\CCl. The molecule has 0 aliphatic heterocycles. The zero-order chi connectivity index (χ0) is 7.11. The molecular formula is C6H10ClNO. The number of allylic oxidation sites excluding steroid dienone is 1. The maximum Gasteiger partial charge on any atom is 0.217 e. The number of rotatable bonds is 3. The van der Waals surface area contributed by atoms with E-state index in [0.29, 0.717) is 12.4 Å². The molecule has 0 radical (unpaired) electrons. The molecule has 0 saturated carbocycles. The summed E-state index contributed by atoms with van der Waals surface area (Å²) in [5.41, 5.74) is 0. The summed E-state index contributed by atoms with van der Waals surface area (Å²) in [5.74, 6) is 0.480. The third kappa shape index (κ3) is 7.50. The lowest BCUT2D eigenvalue weighted by Gasteiger charge is -1.92. The molecule has 0 aromatic rings. The maximum atomic E-state index is 10.2. The molecule has 0 aliphatic rings. The minimum absolute atomic E-state index is 0.0192. The Morgan fingerprint density at radius 1 is 1.67 bits per heavy atom. The highest BCUT2D eigenvalue weighted by molar-refractivity contribution is 6.18. The molecule has 3 heteroatoms. The summed E-state index contributed by atoms with van der Waals surface area (Å²) in [4.78, 5) is 10.2. The van der Waals surface area contributed by atoms with Gasteiger partial charge < -0.3 is 5.32 Å².